The van der Waals surface area contributed by atoms with Gasteiger partial charge < -0.3 is 15.0 Å². The molecule has 0 fully saturated rings. The van der Waals surface area contributed by atoms with E-state index < -0.39 is 0 Å². The number of nitrogens with zero attached hydrogens (tertiary/aromatic N) is 1. The normalized spacial score (nSPS) is 15.5. The number of carbonyl (C=O) groups is 1. The third-order valence-electron chi connectivity index (χ3n) is 3.85. The van der Waals surface area contributed by atoms with Gasteiger partial charge in [-0.05, 0) is 35.9 Å². The molecule has 0 saturated carbocycles. The molecule has 0 saturated heterocycles. The summed E-state index contributed by atoms with van der Waals surface area (Å²) in [7, 11) is 0. The van der Waals surface area contributed by atoms with E-state index in [1.165, 1.54) is 18.2 Å². The van der Waals surface area contributed by atoms with Gasteiger partial charge in [-0.15, -0.1) is 0 Å². The van der Waals surface area contributed by atoms with E-state index in [0.29, 0.717) is 12.4 Å². The molecular weight excluding hydrogens is 321 g/mol. The molecule has 0 amide bonds. The molecule has 3 aromatic rings. The Balaban J connectivity index is 1.48. The minimum atomic E-state index is -0.301. The van der Waals surface area contributed by atoms with Crippen molar-refractivity contribution in [2.24, 2.45) is 0 Å². The number of ketones is 1. The highest BCUT2D eigenvalue weighted by molar-refractivity contribution is 6.08. The maximum Gasteiger partial charge on any atom is 0.226 e. The maximum atomic E-state index is 13.2. The summed E-state index contributed by atoms with van der Waals surface area (Å²) in [5, 5.41) is 3.90. The first-order valence-electron chi connectivity index (χ1n) is 7.75. The highest BCUT2D eigenvalue weighted by Crippen LogP contribution is 2.23. The highest BCUT2D eigenvalue weighted by atomic mass is 19.1. The van der Waals surface area contributed by atoms with Gasteiger partial charge in [-0.3, -0.25) is 4.79 Å². The van der Waals surface area contributed by atoms with Crippen molar-refractivity contribution < 1.29 is 13.9 Å². The molecule has 0 bridgehead atoms. The number of rotatable bonds is 4. The van der Waals surface area contributed by atoms with Crippen LogP contribution in [0.4, 0.5) is 4.39 Å². The van der Waals surface area contributed by atoms with Crippen molar-refractivity contribution in [3.8, 4) is 0 Å². The van der Waals surface area contributed by atoms with Crippen LogP contribution in [0.25, 0.3) is 17.1 Å². The second-order valence-corrected chi connectivity index (χ2v) is 5.61. The van der Waals surface area contributed by atoms with E-state index in [0.717, 1.165) is 22.2 Å². The molecule has 0 aliphatic carbocycles. The molecule has 1 aliphatic rings. The first kappa shape index (κ1) is 15.1. The van der Waals surface area contributed by atoms with Gasteiger partial charge in [0.2, 0.25) is 5.78 Å². The number of hydrogen-bond acceptors (Lipinski definition) is 4. The topological polar surface area (TPSA) is 67.0 Å². The number of pyridine rings is 1. The van der Waals surface area contributed by atoms with E-state index >= 15 is 0 Å². The Kier molecular flexibility index (Phi) is 3.78. The number of hydrogen-bond donors (Lipinski definition) is 2. The van der Waals surface area contributed by atoms with Crippen LogP contribution < -0.4 is 5.32 Å². The fraction of sp³-hybridized carbons (Fsp3) is 0.0526. The van der Waals surface area contributed by atoms with Crippen molar-refractivity contribution in [3.05, 3.63) is 83.5 Å². The van der Waals surface area contributed by atoms with E-state index in [9.17, 15) is 9.18 Å². The van der Waals surface area contributed by atoms with Gasteiger partial charge in [-0.1, -0.05) is 12.1 Å². The lowest BCUT2D eigenvalue weighted by Crippen LogP contribution is -2.12. The summed E-state index contributed by atoms with van der Waals surface area (Å²) in [6.45, 7) is 0.362. The van der Waals surface area contributed by atoms with Gasteiger partial charge in [-0.2, -0.15) is 0 Å². The highest BCUT2D eigenvalue weighted by Gasteiger charge is 2.21. The number of H-pyrrole nitrogens is 1. The summed E-state index contributed by atoms with van der Waals surface area (Å²) in [5.74, 6) is 0.0511. The number of carbonyl (C=O) groups excluding carboxylic acids is 1. The van der Waals surface area contributed by atoms with E-state index in [1.807, 2.05) is 12.1 Å². The number of ether oxygens (including phenoxy) is 1. The SMILES string of the molecule is O=C1C=C(NCc2cccc(F)c2)OC1=Cc1c[nH]c2ncccc12. The van der Waals surface area contributed by atoms with Crippen LogP contribution in [0.2, 0.25) is 0 Å². The molecule has 6 heteroatoms. The summed E-state index contributed by atoms with van der Waals surface area (Å²) in [4.78, 5) is 19.4. The number of aromatic nitrogens is 2. The molecule has 0 atom stereocenters. The van der Waals surface area contributed by atoms with Gasteiger partial charge in [-0.25, -0.2) is 9.37 Å². The van der Waals surface area contributed by atoms with E-state index in [-0.39, 0.29) is 17.4 Å². The predicted octanol–water partition coefficient (Wildman–Crippen LogP) is 3.27. The van der Waals surface area contributed by atoms with Gasteiger partial charge in [0.15, 0.2) is 11.6 Å². The molecule has 1 aromatic carbocycles. The summed E-state index contributed by atoms with van der Waals surface area (Å²) < 4.78 is 18.8. The molecule has 3 heterocycles. The number of fused-ring (bicyclic) bond motifs is 1. The number of allylic oxidation sites excluding steroid dienone is 1. The zero-order valence-electron chi connectivity index (χ0n) is 13.1. The van der Waals surface area contributed by atoms with Crippen LogP contribution in [0, 0.1) is 5.82 Å². The van der Waals surface area contributed by atoms with Gasteiger partial charge in [0.1, 0.15) is 11.5 Å². The Bertz CT molecular complexity index is 1020. The summed E-state index contributed by atoms with van der Waals surface area (Å²) in [6.07, 6.45) is 6.54. The molecule has 0 unspecified atom stereocenters. The number of benzene rings is 1. The summed E-state index contributed by atoms with van der Waals surface area (Å²) >= 11 is 0. The largest absolute Gasteiger partial charge is 0.437 e. The monoisotopic (exact) mass is 335 g/mol. The maximum absolute atomic E-state index is 13.2. The molecule has 4 rings (SSSR count). The molecule has 0 spiro atoms. The van der Waals surface area contributed by atoms with Crippen molar-refractivity contribution in [2.45, 2.75) is 6.54 Å². The zero-order valence-corrected chi connectivity index (χ0v) is 13.1. The van der Waals surface area contributed by atoms with Crippen molar-refractivity contribution in [1.82, 2.24) is 15.3 Å². The van der Waals surface area contributed by atoms with Crippen LogP contribution in [0.3, 0.4) is 0 Å². The van der Waals surface area contributed by atoms with Gasteiger partial charge in [0, 0.05) is 36.0 Å². The Hall–Kier alpha value is -3.41. The minimum Gasteiger partial charge on any atom is -0.437 e. The predicted molar refractivity (Wildman–Crippen MR) is 91.5 cm³/mol. The standard InChI is InChI=1S/C19H14FN3O2/c20-14-4-1-3-12(7-14)10-22-18-9-16(24)17(25-18)8-13-11-23-19-15(13)5-2-6-21-19/h1-9,11,22H,10H2,(H,21,23). The number of aromatic amines is 1. The quantitative estimate of drug-likeness (QED) is 0.718. The van der Waals surface area contributed by atoms with Crippen LogP contribution in [0.1, 0.15) is 11.1 Å². The minimum absolute atomic E-state index is 0.222. The van der Waals surface area contributed by atoms with Crippen LogP contribution in [-0.2, 0) is 16.1 Å². The van der Waals surface area contributed by atoms with Gasteiger partial charge >= 0.3 is 0 Å². The Morgan fingerprint density at radius 1 is 1.28 bits per heavy atom. The second-order valence-electron chi connectivity index (χ2n) is 5.61. The molecule has 25 heavy (non-hydrogen) atoms. The summed E-state index contributed by atoms with van der Waals surface area (Å²) in [5.41, 5.74) is 2.33. The van der Waals surface area contributed by atoms with E-state index in [1.54, 1.807) is 30.6 Å². The molecule has 124 valence electrons. The molecule has 2 aromatic heterocycles. The first-order chi connectivity index (χ1) is 12.2. The fourth-order valence-electron chi connectivity index (χ4n) is 2.65. The zero-order chi connectivity index (χ0) is 17.2. The Labute approximate surface area is 142 Å². The average molecular weight is 335 g/mol. The van der Waals surface area contributed by atoms with Crippen LogP contribution >= 0.6 is 0 Å². The van der Waals surface area contributed by atoms with E-state index in [2.05, 4.69) is 15.3 Å². The van der Waals surface area contributed by atoms with Crippen molar-refractivity contribution in [3.63, 3.8) is 0 Å². The molecule has 2 N–H and O–H groups in total. The number of halogens is 1. The third kappa shape index (κ3) is 3.14. The van der Waals surface area contributed by atoms with Crippen molar-refractivity contribution >= 4 is 22.9 Å². The lowest BCUT2D eigenvalue weighted by Gasteiger charge is -2.07. The molecule has 0 radical (unpaired) electrons. The van der Waals surface area contributed by atoms with Gasteiger partial charge in [0.25, 0.3) is 0 Å². The smallest absolute Gasteiger partial charge is 0.226 e. The number of nitrogens with one attached hydrogen (secondary N) is 2. The Morgan fingerprint density at radius 3 is 3.08 bits per heavy atom. The van der Waals surface area contributed by atoms with Crippen LogP contribution in [0.15, 0.2) is 66.5 Å². The van der Waals surface area contributed by atoms with E-state index in [4.69, 9.17) is 4.74 Å². The average Bonchev–Trinajstić information content (AvgIpc) is 3.18. The molecule has 1 aliphatic heterocycles. The van der Waals surface area contributed by atoms with Crippen LogP contribution in [-0.4, -0.2) is 15.8 Å². The van der Waals surface area contributed by atoms with Crippen molar-refractivity contribution in [1.29, 1.82) is 0 Å². The lowest BCUT2D eigenvalue weighted by molar-refractivity contribution is -0.112. The van der Waals surface area contributed by atoms with Crippen molar-refractivity contribution in [2.75, 3.05) is 0 Å². The lowest BCUT2D eigenvalue weighted by atomic mass is 10.2. The van der Waals surface area contributed by atoms with Gasteiger partial charge in [0.05, 0.1) is 0 Å². The first-order valence-corrected chi connectivity index (χ1v) is 7.75. The molecular formula is C19H14FN3O2. The Morgan fingerprint density at radius 2 is 2.20 bits per heavy atom. The summed E-state index contributed by atoms with van der Waals surface area (Å²) in [6, 6.07) is 10.00. The van der Waals surface area contributed by atoms with Crippen LogP contribution in [0.5, 0.6) is 0 Å². The second kappa shape index (κ2) is 6.24. The molecule has 5 nitrogen and oxygen atoms in total. The fourth-order valence-corrected chi connectivity index (χ4v) is 2.65. The third-order valence-corrected chi connectivity index (χ3v) is 3.85.